The number of likely N-dealkylation sites (N-methyl/N-ethyl adjacent to an activating group) is 1. The van der Waals surface area contributed by atoms with E-state index in [9.17, 15) is 9.59 Å². The Balaban J connectivity index is 1.61. The molecule has 0 bridgehead atoms. The van der Waals surface area contributed by atoms with Crippen LogP contribution < -0.4 is 16.0 Å². The first kappa shape index (κ1) is 23.7. The van der Waals surface area contributed by atoms with Gasteiger partial charge in [0.15, 0.2) is 5.78 Å². The Kier molecular flexibility index (Phi) is 7.10. The van der Waals surface area contributed by atoms with Gasteiger partial charge in [0, 0.05) is 28.9 Å². The number of nitrogens with zero attached hydrogens (tertiary/aromatic N) is 2. The van der Waals surface area contributed by atoms with Gasteiger partial charge in [-0.1, -0.05) is 72.3 Å². The number of amides is 1. The number of nitrogens with one attached hydrogen (secondary N) is 1. The molecule has 0 aromatic heterocycles. The predicted octanol–water partition coefficient (Wildman–Crippen LogP) is 3.60. The van der Waals surface area contributed by atoms with Gasteiger partial charge in [-0.15, -0.1) is 0 Å². The van der Waals surface area contributed by atoms with E-state index in [0.717, 1.165) is 22.4 Å². The first-order valence-corrected chi connectivity index (χ1v) is 11.5. The number of ketones is 1. The Morgan fingerprint density at radius 3 is 2.38 bits per heavy atom. The Morgan fingerprint density at radius 1 is 1.03 bits per heavy atom. The molecule has 6 nitrogen and oxygen atoms in total. The van der Waals surface area contributed by atoms with Crippen molar-refractivity contribution in [2.45, 2.75) is 31.6 Å². The third-order valence-electron chi connectivity index (χ3n) is 6.00. The van der Waals surface area contributed by atoms with E-state index >= 15 is 0 Å². The monoisotopic (exact) mass is 474 g/mol. The van der Waals surface area contributed by atoms with Crippen LogP contribution in [0.2, 0.25) is 5.02 Å². The summed E-state index contributed by atoms with van der Waals surface area (Å²) in [4.78, 5) is 32.9. The Bertz CT molecular complexity index is 1210. The van der Waals surface area contributed by atoms with Crippen molar-refractivity contribution in [3.63, 3.8) is 0 Å². The maximum absolute atomic E-state index is 13.5. The van der Waals surface area contributed by atoms with Gasteiger partial charge in [-0.05, 0) is 30.7 Å². The van der Waals surface area contributed by atoms with E-state index in [-0.39, 0.29) is 18.1 Å². The zero-order valence-corrected chi connectivity index (χ0v) is 19.9. The number of halogens is 1. The minimum atomic E-state index is -0.863. The van der Waals surface area contributed by atoms with E-state index in [4.69, 9.17) is 22.3 Å². The fourth-order valence-electron chi connectivity index (χ4n) is 4.10. The number of anilines is 1. The lowest BCUT2D eigenvalue weighted by Gasteiger charge is -2.30. The molecular formula is C27H27ClN4O2. The summed E-state index contributed by atoms with van der Waals surface area (Å²) in [6.45, 7) is 1.67. The standard InChI is InChI=1S/C27H27ClN4O2/c1-17(30-23(33)16-18-12-14-20(28)15-13-18)26(34)25-27(29)32(2)22-11-7-6-10-21(22)24(31-25)19-8-4-3-5-9-19/h3-15,17,25,27H,16,29H2,1-2H3,(H,30,33)/t17?,25?,27-/m0/s1. The number of hydrogen-bond donors (Lipinski definition) is 2. The summed E-state index contributed by atoms with van der Waals surface area (Å²) >= 11 is 5.92. The number of hydrogen-bond acceptors (Lipinski definition) is 5. The van der Waals surface area contributed by atoms with Gasteiger partial charge in [0.05, 0.1) is 18.2 Å². The molecule has 174 valence electrons. The van der Waals surface area contributed by atoms with Crippen LogP contribution in [0.5, 0.6) is 0 Å². The van der Waals surface area contributed by atoms with Crippen molar-refractivity contribution in [1.82, 2.24) is 5.32 Å². The number of para-hydroxylation sites is 1. The number of carbonyl (C=O) groups is 2. The zero-order chi connectivity index (χ0) is 24.2. The number of Topliss-reactive ketones (excluding diaryl/α,β-unsaturated/α-hetero) is 1. The Labute approximate surface area is 204 Å². The normalized spacial score (nSPS) is 18.4. The third-order valence-corrected chi connectivity index (χ3v) is 6.25. The fourth-order valence-corrected chi connectivity index (χ4v) is 4.23. The fraction of sp³-hybridized carbons (Fsp3) is 0.222. The molecule has 0 spiro atoms. The van der Waals surface area contributed by atoms with E-state index in [1.54, 1.807) is 31.2 Å². The third kappa shape index (κ3) is 5.03. The SMILES string of the molecule is CC(NC(=O)Cc1ccc(Cl)cc1)C(=O)C1N=C(c2ccccc2)c2ccccc2N(C)[C@@H]1N. The van der Waals surface area contributed by atoms with Crippen LogP contribution in [-0.4, -0.2) is 42.7 Å². The smallest absolute Gasteiger partial charge is 0.224 e. The van der Waals surface area contributed by atoms with Crippen molar-refractivity contribution in [3.8, 4) is 0 Å². The quantitative estimate of drug-likeness (QED) is 0.571. The van der Waals surface area contributed by atoms with E-state index in [1.807, 2.05) is 66.5 Å². The average molecular weight is 475 g/mol. The first-order chi connectivity index (χ1) is 16.3. The molecule has 4 rings (SSSR count). The number of fused-ring (bicyclic) bond motifs is 1. The second kappa shape index (κ2) is 10.2. The molecule has 7 heteroatoms. The van der Waals surface area contributed by atoms with Crippen LogP contribution in [0, 0.1) is 0 Å². The van der Waals surface area contributed by atoms with Crippen LogP contribution in [0.25, 0.3) is 0 Å². The van der Waals surface area contributed by atoms with Gasteiger partial charge in [0.2, 0.25) is 5.91 Å². The predicted molar refractivity (Wildman–Crippen MR) is 136 cm³/mol. The molecule has 34 heavy (non-hydrogen) atoms. The van der Waals surface area contributed by atoms with E-state index in [2.05, 4.69) is 5.32 Å². The summed E-state index contributed by atoms with van der Waals surface area (Å²) < 4.78 is 0. The number of benzodiazepines with no additional fused rings is 1. The second-order valence-electron chi connectivity index (χ2n) is 8.40. The summed E-state index contributed by atoms with van der Waals surface area (Å²) in [5.74, 6) is -0.501. The van der Waals surface area contributed by atoms with Gasteiger partial charge in [-0.25, -0.2) is 0 Å². The van der Waals surface area contributed by atoms with Crippen LogP contribution in [0.4, 0.5) is 5.69 Å². The van der Waals surface area contributed by atoms with Crippen molar-refractivity contribution in [2.24, 2.45) is 10.7 Å². The van der Waals surface area contributed by atoms with Crippen molar-refractivity contribution < 1.29 is 9.59 Å². The highest BCUT2D eigenvalue weighted by molar-refractivity contribution is 6.30. The molecule has 3 N–H and O–H groups in total. The Morgan fingerprint density at radius 2 is 1.68 bits per heavy atom. The molecule has 1 aliphatic heterocycles. The highest BCUT2D eigenvalue weighted by atomic mass is 35.5. The largest absolute Gasteiger partial charge is 0.356 e. The molecule has 0 saturated heterocycles. The molecular weight excluding hydrogens is 448 g/mol. The van der Waals surface area contributed by atoms with Gasteiger partial charge in [0.25, 0.3) is 0 Å². The van der Waals surface area contributed by atoms with Crippen molar-refractivity contribution in [3.05, 3.63) is 101 Å². The van der Waals surface area contributed by atoms with Gasteiger partial charge in [0.1, 0.15) is 12.2 Å². The van der Waals surface area contributed by atoms with Crippen LogP contribution in [0.3, 0.4) is 0 Å². The topological polar surface area (TPSA) is 87.8 Å². The lowest BCUT2D eigenvalue weighted by Crippen LogP contribution is -2.55. The number of benzene rings is 3. The maximum atomic E-state index is 13.5. The summed E-state index contributed by atoms with van der Waals surface area (Å²) in [5, 5.41) is 3.41. The van der Waals surface area contributed by atoms with Crippen LogP contribution >= 0.6 is 11.6 Å². The number of rotatable bonds is 6. The molecule has 3 aromatic rings. The van der Waals surface area contributed by atoms with Crippen molar-refractivity contribution in [2.75, 3.05) is 11.9 Å². The molecule has 0 saturated carbocycles. The number of carbonyl (C=O) groups excluding carboxylic acids is 2. The lowest BCUT2D eigenvalue weighted by molar-refractivity contribution is -0.127. The minimum absolute atomic E-state index is 0.148. The number of aliphatic imine (C=N–C) groups is 1. The first-order valence-electron chi connectivity index (χ1n) is 11.1. The van der Waals surface area contributed by atoms with Crippen molar-refractivity contribution >= 4 is 34.7 Å². The molecule has 1 aliphatic rings. The summed E-state index contributed by atoms with van der Waals surface area (Å²) in [5.41, 5.74) is 10.8. The summed E-state index contributed by atoms with van der Waals surface area (Å²) in [6.07, 6.45) is -0.541. The highest BCUT2D eigenvalue weighted by Gasteiger charge is 2.36. The van der Waals surface area contributed by atoms with Crippen LogP contribution in [0.1, 0.15) is 23.6 Å². The summed E-state index contributed by atoms with van der Waals surface area (Å²) in [7, 11) is 1.86. The van der Waals surface area contributed by atoms with E-state index in [0.29, 0.717) is 10.7 Å². The Hall–Kier alpha value is -3.48. The molecule has 3 atom stereocenters. The van der Waals surface area contributed by atoms with Gasteiger partial charge in [-0.3, -0.25) is 14.6 Å². The summed E-state index contributed by atoms with van der Waals surface area (Å²) in [6, 6.07) is 23.0. The zero-order valence-electron chi connectivity index (χ0n) is 19.1. The molecule has 0 radical (unpaired) electrons. The molecule has 0 aliphatic carbocycles. The van der Waals surface area contributed by atoms with Gasteiger partial charge >= 0.3 is 0 Å². The van der Waals surface area contributed by atoms with Crippen LogP contribution in [-0.2, 0) is 16.0 Å². The van der Waals surface area contributed by atoms with E-state index in [1.165, 1.54) is 0 Å². The second-order valence-corrected chi connectivity index (χ2v) is 8.84. The average Bonchev–Trinajstić information content (AvgIpc) is 2.95. The lowest BCUT2D eigenvalue weighted by atomic mass is 10.00. The molecule has 1 amide bonds. The molecule has 3 aromatic carbocycles. The van der Waals surface area contributed by atoms with Crippen LogP contribution in [0.15, 0.2) is 83.9 Å². The van der Waals surface area contributed by atoms with E-state index < -0.39 is 18.2 Å². The molecule has 2 unspecified atom stereocenters. The van der Waals surface area contributed by atoms with Crippen molar-refractivity contribution in [1.29, 1.82) is 0 Å². The van der Waals surface area contributed by atoms with Gasteiger partial charge in [-0.2, -0.15) is 0 Å². The van der Waals surface area contributed by atoms with Gasteiger partial charge < -0.3 is 16.0 Å². The minimum Gasteiger partial charge on any atom is -0.356 e. The maximum Gasteiger partial charge on any atom is 0.224 e. The number of nitrogens with two attached hydrogens (primary N) is 1. The molecule has 0 fully saturated rings. The highest BCUT2D eigenvalue weighted by Crippen LogP contribution is 2.29. The molecule has 1 heterocycles.